The third-order valence-corrected chi connectivity index (χ3v) is 2.21. The monoisotopic (exact) mass is 124 g/mol. The average Bonchev–Trinajstić information content (AvgIpc) is 1.88. The fourth-order valence-corrected chi connectivity index (χ4v) is 1.59. The Morgan fingerprint density at radius 1 is 1.56 bits per heavy atom. The molecule has 9 heavy (non-hydrogen) atoms. The molecular weight excluding hydrogens is 108 g/mol. The number of rotatable bonds is 0. The van der Waals surface area contributed by atoms with E-state index in [9.17, 15) is 0 Å². The molecule has 0 amide bonds. The Labute approximate surface area is 58.0 Å². The minimum atomic E-state index is 0.949. The second kappa shape index (κ2) is 3.05. The summed E-state index contributed by atoms with van der Waals surface area (Å²) in [7, 11) is 0. The largest absolute Gasteiger partial charge is 0.0884 e. The molecule has 1 unspecified atom stereocenters. The zero-order valence-electron chi connectivity index (χ0n) is 6.48. The van der Waals surface area contributed by atoms with Crippen molar-refractivity contribution < 1.29 is 0 Å². The minimum Gasteiger partial charge on any atom is -0.0884 e. The number of hydrogen-bond acceptors (Lipinski definition) is 0. The molecular formula is C9H16. The van der Waals surface area contributed by atoms with Crippen molar-refractivity contribution in [3.05, 3.63) is 11.6 Å². The Morgan fingerprint density at radius 2 is 2.33 bits per heavy atom. The lowest BCUT2D eigenvalue weighted by Crippen LogP contribution is -2.03. The number of hydrogen-bond donors (Lipinski definition) is 0. The van der Waals surface area contributed by atoms with Crippen LogP contribution in [0.25, 0.3) is 0 Å². The van der Waals surface area contributed by atoms with E-state index < -0.39 is 0 Å². The first-order valence-corrected chi connectivity index (χ1v) is 3.97. The van der Waals surface area contributed by atoms with E-state index in [-0.39, 0.29) is 0 Å². The fraction of sp³-hybridized carbons (Fsp3) is 0.778. The van der Waals surface area contributed by atoms with Crippen LogP contribution < -0.4 is 0 Å². The quantitative estimate of drug-likeness (QED) is 0.435. The van der Waals surface area contributed by atoms with E-state index in [1.807, 2.05) is 0 Å². The van der Waals surface area contributed by atoms with Gasteiger partial charge in [-0.3, -0.25) is 0 Å². The SMILES string of the molecule is CC=C1CCCC(C)C1. The molecule has 0 aromatic rings. The summed E-state index contributed by atoms with van der Waals surface area (Å²) in [6, 6.07) is 0. The summed E-state index contributed by atoms with van der Waals surface area (Å²) in [5.74, 6) is 0.949. The normalized spacial score (nSPS) is 33.1. The highest BCUT2D eigenvalue weighted by Crippen LogP contribution is 2.27. The van der Waals surface area contributed by atoms with E-state index in [2.05, 4.69) is 19.9 Å². The van der Waals surface area contributed by atoms with Gasteiger partial charge in [0, 0.05) is 0 Å². The van der Waals surface area contributed by atoms with Crippen molar-refractivity contribution in [2.24, 2.45) is 5.92 Å². The summed E-state index contributed by atoms with van der Waals surface area (Å²) in [4.78, 5) is 0. The molecule has 1 fully saturated rings. The van der Waals surface area contributed by atoms with Gasteiger partial charge in [-0.05, 0) is 32.1 Å². The van der Waals surface area contributed by atoms with Crippen molar-refractivity contribution in [1.29, 1.82) is 0 Å². The molecule has 0 aromatic carbocycles. The molecule has 1 rings (SSSR count). The molecule has 1 atom stereocenters. The van der Waals surface area contributed by atoms with Gasteiger partial charge >= 0.3 is 0 Å². The third kappa shape index (κ3) is 1.85. The van der Waals surface area contributed by atoms with Gasteiger partial charge in [-0.15, -0.1) is 0 Å². The van der Waals surface area contributed by atoms with Crippen LogP contribution in [0.4, 0.5) is 0 Å². The maximum absolute atomic E-state index is 2.35. The smallest absolute Gasteiger partial charge is 0.0295 e. The van der Waals surface area contributed by atoms with Crippen LogP contribution in [0.2, 0.25) is 0 Å². The molecule has 1 saturated carbocycles. The van der Waals surface area contributed by atoms with Crippen LogP contribution in [-0.2, 0) is 0 Å². The van der Waals surface area contributed by atoms with Gasteiger partial charge in [-0.1, -0.05) is 25.0 Å². The highest BCUT2D eigenvalue weighted by molar-refractivity contribution is 5.03. The van der Waals surface area contributed by atoms with Gasteiger partial charge in [-0.2, -0.15) is 0 Å². The van der Waals surface area contributed by atoms with Crippen LogP contribution in [0.3, 0.4) is 0 Å². The van der Waals surface area contributed by atoms with E-state index in [0.29, 0.717) is 0 Å². The molecule has 1 aliphatic rings. The van der Waals surface area contributed by atoms with Gasteiger partial charge in [-0.25, -0.2) is 0 Å². The average molecular weight is 124 g/mol. The van der Waals surface area contributed by atoms with Crippen LogP contribution in [0, 0.1) is 5.92 Å². The summed E-state index contributed by atoms with van der Waals surface area (Å²) in [5.41, 5.74) is 1.67. The Kier molecular flexibility index (Phi) is 2.32. The summed E-state index contributed by atoms with van der Waals surface area (Å²) >= 11 is 0. The van der Waals surface area contributed by atoms with Crippen LogP contribution in [0.15, 0.2) is 11.6 Å². The maximum atomic E-state index is 2.35. The molecule has 0 aromatic heterocycles. The van der Waals surface area contributed by atoms with Gasteiger partial charge in [0.15, 0.2) is 0 Å². The van der Waals surface area contributed by atoms with Crippen LogP contribution >= 0.6 is 0 Å². The molecule has 0 saturated heterocycles. The first-order chi connectivity index (χ1) is 4.33. The molecule has 0 N–H and O–H groups in total. The minimum absolute atomic E-state index is 0.949. The fourth-order valence-electron chi connectivity index (χ4n) is 1.59. The van der Waals surface area contributed by atoms with E-state index >= 15 is 0 Å². The maximum Gasteiger partial charge on any atom is -0.0295 e. The van der Waals surface area contributed by atoms with Gasteiger partial charge in [0.1, 0.15) is 0 Å². The zero-order valence-corrected chi connectivity index (χ0v) is 6.48. The van der Waals surface area contributed by atoms with E-state index in [1.54, 1.807) is 5.57 Å². The lowest BCUT2D eigenvalue weighted by molar-refractivity contribution is 0.452. The Bertz CT molecular complexity index is 111. The van der Waals surface area contributed by atoms with Gasteiger partial charge in [0.25, 0.3) is 0 Å². The highest BCUT2D eigenvalue weighted by Gasteiger charge is 2.10. The van der Waals surface area contributed by atoms with Crippen molar-refractivity contribution >= 4 is 0 Å². The standard InChI is InChI=1S/C9H16/c1-3-9-6-4-5-8(2)7-9/h3,8H,4-7H2,1-2H3. The summed E-state index contributed by atoms with van der Waals surface area (Å²) in [6.07, 6.45) is 7.87. The second-order valence-electron chi connectivity index (χ2n) is 3.15. The molecule has 52 valence electrons. The van der Waals surface area contributed by atoms with E-state index in [1.165, 1.54) is 25.7 Å². The van der Waals surface area contributed by atoms with Gasteiger partial charge in [0.05, 0.1) is 0 Å². The van der Waals surface area contributed by atoms with Crippen molar-refractivity contribution in [3.63, 3.8) is 0 Å². The second-order valence-corrected chi connectivity index (χ2v) is 3.15. The molecule has 0 nitrogen and oxygen atoms in total. The Balaban J connectivity index is 2.41. The molecule has 1 aliphatic carbocycles. The van der Waals surface area contributed by atoms with Gasteiger partial charge < -0.3 is 0 Å². The van der Waals surface area contributed by atoms with Crippen molar-refractivity contribution in [3.8, 4) is 0 Å². The molecule has 0 spiro atoms. The predicted molar refractivity (Wildman–Crippen MR) is 41.4 cm³/mol. The Hall–Kier alpha value is -0.260. The molecule has 0 bridgehead atoms. The van der Waals surface area contributed by atoms with E-state index in [0.717, 1.165) is 5.92 Å². The predicted octanol–water partition coefficient (Wildman–Crippen LogP) is 3.14. The molecule has 0 heteroatoms. The molecule has 0 aliphatic heterocycles. The van der Waals surface area contributed by atoms with Crippen LogP contribution in [0.1, 0.15) is 39.5 Å². The van der Waals surface area contributed by atoms with Crippen LogP contribution in [0.5, 0.6) is 0 Å². The summed E-state index contributed by atoms with van der Waals surface area (Å²) in [5, 5.41) is 0. The summed E-state index contributed by atoms with van der Waals surface area (Å²) in [6.45, 7) is 4.51. The zero-order chi connectivity index (χ0) is 6.69. The van der Waals surface area contributed by atoms with Crippen LogP contribution in [-0.4, -0.2) is 0 Å². The van der Waals surface area contributed by atoms with Crippen molar-refractivity contribution in [2.75, 3.05) is 0 Å². The third-order valence-electron chi connectivity index (χ3n) is 2.21. The topological polar surface area (TPSA) is 0 Å². The highest BCUT2D eigenvalue weighted by atomic mass is 14.2. The molecule has 0 radical (unpaired) electrons. The lowest BCUT2D eigenvalue weighted by atomic mass is 9.87. The summed E-state index contributed by atoms with van der Waals surface area (Å²) < 4.78 is 0. The lowest BCUT2D eigenvalue weighted by Gasteiger charge is -2.19. The van der Waals surface area contributed by atoms with Gasteiger partial charge in [0.2, 0.25) is 0 Å². The van der Waals surface area contributed by atoms with Crippen molar-refractivity contribution in [1.82, 2.24) is 0 Å². The van der Waals surface area contributed by atoms with Crippen molar-refractivity contribution in [2.45, 2.75) is 39.5 Å². The first kappa shape index (κ1) is 6.85. The Morgan fingerprint density at radius 3 is 2.78 bits per heavy atom. The first-order valence-electron chi connectivity index (χ1n) is 3.97. The number of allylic oxidation sites excluding steroid dienone is 2. The van der Waals surface area contributed by atoms with E-state index in [4.69, 9.17) is 0 Å². The molecule has 0 heterocycles.